The smallest absolute Gasteiger partial charge is 0.336 e. The highest BCUT2D eigenvalue weighted by Crippen LogP contribution is 2.27. The van der Waals surface area contributed by atoms with Crippen molar-refractivity contribution >= 4 is 28.6 Å². The lowest BCUT2D eigenvalue weighted by atomic mass is 10.1. The highest BCUT2D eigenvalue weighted by molar-refractivity contribution is 6.31. The summed E-state index contributed by atoms with van der Waals surface area (Å²) in [6, 6.07) is 12.3. The first-order chi connectivity index (χ1) is 9.58. The quantitative estimate of drug-likeness (QED) is 0.783. The number of aromatic nitrogens is 2. The van der Waals surface area contributed by atoms with Crippen molar-refractivity contribution < 1.29 is 9.90 Å². The van der Waals surface area contributed by atoms with Crippen molar-refractivity contribution in [2.45, 2.75) is 0 Å². The molecule has 20 heavy (non-hydrogen) atoms. The van der Waals surface area contributed by atoms with Gasteiger partial charge in [-0.3, -0.25) is 0 Å². The van der Waals surface area contributed by atoms with Crippen molar-refractivity contribution in [3.63, 3.8) is 0 Å². The summed E-state index contributed by atoms with van der Waals surface area (Å²) in [4.78, 5) is 15.8. The van der Waals surface area contributed by atoms with Crippen LogP contribution in [-0.2, 0) is 7.05 Å². The lowest BCUT2D eigenvalue weighted by Crippen LogP contribution is -2.02. The van der Waals surface area contributed by atoms with Crippen LogP contribution in [0.25, 0.3) is 22.4 Å². The number of nitrogens with zero attached hydrogens (tertiary/aromatic N) is 2. The number of aryl methyl sites for hydroxylation is 1. The molecule has 2 aromatic carbocycles. The zero-order valence-electron chi connectivity index (χ0n) is 10.7. The Balaban J connectivity index is 2.30. The standard InChI is InChI=1S/C15H11ClN2O2/c1-18-13-7-6-9(16)8-12(13)17-14(18)10-4-2-3-5-11(10)15(19)20/h2-8H,1H3,(H,19,20). The van der Waals surface area contributed by atoms with E-state index in [4.69, 9.17) is 11.6 Å². The molecule has 0 radical (unpaired) electrons. The molecule has 100 valence electrons. The topological polar surface area (TPSA) is 55.1 Å². The second-order valence-electron chi connectivity index (χ2n) is 4.48. The molecule has 0 spiro atoms. The fourth-order valence-corrected chi connectivity index (χ4v) is 2.44. The van der Waals surface area contributed by atoms with Crippen LogP contribution in [0.15, 0.2) is 42.5 Å². The Morgan fingerprint density at radius 1 is 1.25 bits per heavy atom. The van der Waals surface area contributed by atoms with E-state index >= 15 is 0 Å². The highest BCUT2D eigenvalue weighted by Gasteiger charge is 2.16. The number of rotatable bonds is 2. The molecule has 1 aromatic heterocycles. The van der Waals surface area contributed by atoms with Gasteiger partial charge in [0.25, 0.3) is 0 Å². The van der Waals surface area contributed by atoms with E-state index < -0.39 is 5.97 Å². The molecular weight excluding hydrogens is 276 g/mol. The van der Waals surface area contributed by atoms with Gasteiger partial charge in [-0.25, -0.2) is 9.78 Å². The Labute approximate surface area is 120 Å². The summed E-state index contributed by atoms with van der Waals surface area (Å²) in [5, 5.41) is 9.88. The van der Waals surface area contributed by atoms with Crippen molar-refractivity contribution in [1.29, 1.82) is 0 Å². The van der Waals surface area contributed by atoms with E-state index in [0.717, 1.165) is 11.0 Å². The third-order valence-electron chi connectivity index (χ3n) is 3.24. The number of imidazole rings is 1. The van der Waals surface area contributed by atoms with E-state index in [-0.39, 0.29) is 5.56 Å². The molecule has 0 aliphatic carbocycles. The number of carbonyl (C=O) groups is 1. The van der Waals surface area contributed by atoms with Gasteiger partial charge >= 0.3 is 5.97 Å². The minimum atomic E-state index is -0.967. The Morgan fingerprint density at radius 3 is 2.75 bits per heavy atom. The molecule has 0 saturated heterocycles. The SMILES string of the molecule is Cn1c(-c2ccccc2C(=O)O)nc2cc(Cl)ccc21. The van der Waals surface area contributed by atoms with Crippen LogP contribution in [0.1, 0.15) is 10.4 Å². The van der Waals surface area contributed by atoms with Gasteiger partial charge < -0.3 is 9.67 Å². The van der Waals surface area contributed by atoms with Crippen molar-refractivity contribution in [3.05, 3.63) is 53.1 Å². The van der Waals surface area contributed by atoms with Gasteiger partial charge in [-0.05, 0) is 24.3 Å². The van der Waals surface area contributed by atoms with Crippen molar-refractivity contribution in [2.75, 3.05) is 0 Å². The number of carboxylic acid groups (broad SMARTS) is 1. The molecule has 0 aliphatic rings. The molecule has 0 aliphatic heterocycles. The second kappa shape index (κ2) is 4.65. The maximum Gasteiger partial charge on any atom is 0.336 e. The van der Waals surface area contributed by atoms with Crippen LogP contribution < -0.4 is 0 Å². The molecule has 5 heteroatoms. The zero-order valence-corrected chi connectivity index (χ0v) is 11.4. The summed E-state index contributed by atoms with van der Waals surface area (Å²) in [6.45, 7) is 0. The fourth-order valence-electron chi connectivity index (χ4n) is 2.28. The number of benzene rings is 2. The molecule has 0 bridgehead atoms. The van der Waals surface area contributed by atoms with Gasteiger partial charge in [0.05, 0.1) is 16.6 Å². The number of hydrogen-bond donors (Lipinski definition) is 1. The number of fused-ring (bicyclic) bond motifs is 1. The van der Waals surface area contributed by atoms with Gasteiger partial charge in [-0.15, -0.1) is 0 Å². The summed E-state index contributed by atoms with van der Waals surface area (Å²) in [7, 11) is 1.86. The normalized spacial score (nSPS) is 10.9. The molecule has 4 nitrogen and oxygen atoms in total. The first-order valence-electron chi connectivity index (χ1n) is 6.02. The van der Waals surface area contributed by atoms with E-state index in [1.807, 2.05) is 17.7 Å². The van der Waals surface area contributed by atoms with Crippen LogP contribution in [0, 0.1) is 0 Å². The Bertz CT molecular complexity index is 824. The Morgan fingerprint density at radius 2 is 2.00 bits per heavy atom. The van der Waals surface area contributed by atoms with E-state index in [1.54, 1.807) is 36.4 Å². The third-order valence-corrected chi connectivity index (χ3v) is 3.48. The van der Waals surface area contributed by atoms with Crippen LogP contribution in [0.5, 0.6) is 0 Å². The average Bonchev–Trinajstić information content (AvgIpc) is 2.75. The first kappa shape index (κ1) is 12.7. The van der Waals surface area contributed by atoms with Crippen LogP contribution in [0.3, 0.4) is 0 Å². The van der Waals surface area contributed by atoms with E-state index in [2.05, 4.69) is 4.98 Å². The molecule has 0 saturated carbocycles. The monoisotopic (exact) mass is 286 g/mol. The van der Waals surface area contributed by atoms with Gasteiger partial charge in [0, 0.05) is 17.6 Å². The molecule has 0 amide bonds. The van der Waals surface area contributed by atoms with Gasteiger partial charge in [0.1, 0.15) is 5.82 Å². The van der Waals surface area contributed by atoms with Crippen LogP contribution in [0.2, 0.25) is 5.02 Å². The highest BCUT2D eigenvalue weighted by atomic mass is 35.5. The summed E-state index contributed by atoms with van der Waals surface area (Å²) in [6.07, 6.45) is 0. The predicted molar refractivity (Wildman–Crippen MR) is 78.1 cm³/mol. The number of carboxylic acids is 1. The number of halogens is 1. The van der Waals surface area contributed by atoms with Crippen molar-refractivity contribution in [1.82, 2.24) is 9.55 Å². The first-order valence-corrected chi connectivity index (χ1v) is 6.40. The number of hydrogen-bond acceptors (Lipinski definition) is 2. The molecule has 3 aromatic rings. The van der Waals surface area contributed by atoms with Crippen LogP contribution >= 0.6 is 11.6 Å². The summed E-state index contributed by atoms with van der Waals surface area (Å²) >= 11 is 5.96. The lowest BCUT2D eigenvalue weighted by molar-refractivity contribution is 0.0697. The molecule has 0 fully saturated rings. The maximum absolute atomic E-state index is 11.3. The fraction of sp³-hybridized carbons (Fsp3) is 0.0667. The van der Waals surface area contributed by atoms with Crippen LogP contribution in [-0.4, -0.2) is 20.6 Å². The van der Waals surface area contributed by atoms with E-state index in [9.17, 15) is 9.90 Å². The summed E-state index contributed by atoms with van der Waals surface area (Å²) < 4.78 is 1.87. The van der Waals surface area contributed by atoms with E-state index in [0.29, 0.717) is 16.4 Å². The maximum atomic E-state index is 11.3. The largest absolute Gasteiger partial charge is 0.478 e. The number of aromatic carboxylic acids is 1. The molecule has 0 atom stereocenters. The van der Waals surface area contributed by atoms with Crippen molar-refractivity contribution in [3.8, 4) is 11.4 Å². The summed E-state index contributed by atoms with van der Waals surface area (Å²) in [5.41, 5.74) is 2.48. The molecular formula is C15H11ClN2O2. The Kier molecular flexibility index (Phi) is 2.95. The van der Waals surface area contributed by atoms with Gasteiger partial charge in [0.2, 0.25) is 0 Å². The minimum Gasteiger partial charge on any atom is -0.478 e. The minimum absolute atomic E-state index is 0.233. The predicted octanol–water partition coefficient (Wildman–Crippen LogP) is 3.59. The van der Waals surface area contributed by atoms with E-state index in [1.165, 1.54) is 0 Å². The zero-order chi connectivity index (χ0) is 14.3. The molecule has 1 N–H and O–H groups in total. The molecule has 0 unspecified atom stereocenters. The lowest BCUT2D eigenvalue weighted by Gasteiger charge is -2.05. The summed E-state index contributed by atoms with van der Waals surface area (Å²) in [5.74, 6) is -0.356. The molecule has 1 heterocycles. The van der Waals surface area contributed by atoms with Gasteiger partial charge in [-0.2, -0.15) is 0 Å². The third kappa shape index (κ3) is 1.94. The average molecular weight is 287 g/mol. The van der Waals surface area contributed by atoms with Gasteiger partial charge in [-0.1, -0.05) is 29.8 Å². The van der Waals surface area contributed by atoms with Crippen LogP contribution in [0.4, 0.5) is 0 Å². The van der Waals surface area contributed by atoms with Crippen molar-refractivity contribution in [2.24, 2.45) is 7.05 Å². The Hall–Kier alpha value is -2.33. The molecule has 3 rings (SSSR count). The second-order valence-corrected chi connectivity index (χ2v) is 4.91. The van der Waals surface area contributed by atoms with Gasteiger partial charge in [0.15, 0.2) is 0 Å².